The molecule has 0 aromatic heterocycles. The summed E-state index contributed by atoms with van der Waals surface area (Å²) in [6.07, 6.45) is 1.09. The quantitative estimate of drug-likeness (QED) is 0.569. The Bertz CT molecular complexity index is 1030. The van der Waals surface area contributed by atoms with Crippen molar-refractivity contribution in [3.8, 4) is 5.75 Å². The van der Waals surface area contributed by atoms with Crippen LogP contribution in [-0.2, 0) is 14.3 Å². The number of carbonyl (C=O) groups excluding carboxylic acids is 3. The molecule has 6 heteroatoms. The van der Waals surface area contributed by atoms with Crippen molar-refractivity contribution in [2.75, 3.05) is 5.32 Å². The molecule has 1 saturated heterocycles. The zero-order chi connectivity index (χ0) is 21.7. The molecular formula is C25H25NO5. The molecule has 5 rings (SSSR count). The number of rotatable bonds is 6. The third-order valence-corrected chi connectivity index (χ3v) is 6.93. The zero-order valence-corrected chi connectivity index (χ0v) is 17.5. The minimum atomic E-state index is -0.626. The molecule has 2 aromatic carbocycles. The summed E-state index contributed by atoms with van der Waals surface area (Å²) in [5.41, 5.74) is 2.35. The smallest absolute Gasteiger partial charge is 0.310 e. The first-order valence-corrected chi connectivity index (χ1v) is 10.8. The summed E-state index contributed by atoms with van der Waals surface area (Å²) in [4.78, 5) is 37.6. The third-order valence-electron chi connectivity index (χ3n) is 6.93. The zero-order valence-electron chi connectivity index (χ0n) is 17.5. The van der Waals surface area contributed by atoms with E-state index in [2.05, 4.69) is 5.32 Å². The highest BCUT2D eigenvalue weighted by Gasteiger charge is 2.63. The normalized spacial score (nSPS) is 28.8. The molecule has 1 N–H and O–H groups in total. The second-order valence-corrected chi connectivity index (χ2v) is 8.93. The third kappa shape index (κ3) is 3.50. The summed E-state index contributed by atoms with van der Waals surface area (Å²) in [6.45, 7) is 3.70. The Morgan fingerprint density at radius 2 is 1.77 bits per heavy atom. The molecule has 1 heterocycles. The van der Waals surface area contributed by atoms with Crippen LogP contribution in [-0.4, -0.2) is 29.9 Å². The molecule has 0 spiro atoms. The molecule has 1 amide bonds. The van der Waals surface area contributed by atoms with Crippen molar-refractivity contribution >= 4 is 23.3 Å². The van der Waals surface area contributed by atoms with Gasteiger partial charge in [-0.3, -0.25) is 14.4 Å². The number of amides is 1. The minimum absolute atomic E-state index is 0.0209. The number of ketones is 1. The SMILES string of the molecule is Cc1ccc(C(=O)C(C)Oc2ccc(NC(=O)[C@@H]3[C@H]4C[C@H]5[C@@H]3C(=O)O[C@H]5C4)cc2)cc1. The second kappa shape index (κ2) is 7.52. The molecule has 3 fully saturated rings. The number of hydrogen-bond donors (Lipinski definition) is 1. The van der Waals surface area contributed by atoms with E-state index in [1.54, 1.807) is 43.3 Å². The molecule has 0 radical (unpaired) electrons. The largest absolute Gasteiger partial charge is 0.483 e. The monoisotopic (exact) mass is 419 g/mol. The van der Waals surface area contributed by atoms with Crippen LogP contribution in [0.1, 0.15) is 35.7 Å². The van der Waals surface area contributed by atoms with Crippen LogP contribution in [0.4, 0.5) is 5.69 Å². The van der Waals surface area contributed by atoms with Crippen LogP contribution in [0.15, 0.2) is 48.5 Å². The van der Waals surface area contributed by atoms with E-state index in [-0.39, 0.29) is 47.4 Å². The van der Waals surface area contributed by atoms with E-state index in [1.165, 1.54) is 0 Å². The number of nitrogens with one attached hydrogen (secondary N) is 1. The van der Waals surface area contributed by atoms with Gasteiger partial charge in [-0.05, 0) is 56.9 Å². The molecule has 31 heavy (non-hydrogen) atoms. The van der Waals surface area contributed by atoms with E-state index in [0.29, 0.717) is 17.0 Å². The van der Waals surface area contributed by atoms with Crippen LogP contribution < -0.4 is 10.1 Å². The molecule has 6 nitrogen and oxygen atoms in total. The van der Waals surface area contributed by atoms with Crippen molar-refractivity contribution in [3.63, 3.8) is 0 Å². The predicted octanol–water partition coefficient (Wildman–Crippen LogP) is 3.78. The van der Waals surface area contributed by atoms with Gasteiger partial charge in [0.15, 0.2) is 6.10 Å². The lowest BCUT2D eigenvalue weighted by atomic mass is 9.79. The summed E-state index contributed by atoms with van der Waals surface area (Å²) < 4.78 is 11.2. The molecule has 1 unspecified atom stereocenters. The van der Waals surface area contributed by atoms with Crippen LogP contribution in [0, 0.1) is 30.6 Å². The van der Waals surface area contributed by atoms with Crippen molar-refractivity contribution in [2.45, 2.75) is 38.9 Å². The molecule has 2 bridgehead atoms. The van der Waals surface area contributed by atoms with Gasteiger partial charge in [-0.25, -0.2) is 0 Å². The van der Waals surface area contributed by atoms with Gasteiger partial charge in [0.2, 0.25) is 11.7 Å². The van der Waals surface area contributed by atoms with E-state index in [9.17, 15) is 14.4 Å². The average molecular weight is 419 g/mol. The number of carbonyl (C=O) groups is 3. The first-order chi connectivity index (χ1) is 14.9. The van der Waals surface area contributed by atoms with E-state index < -0.39 is 6.10 Å². The van der Waals surface area contributed by atoms with E-state index in [0.717, 1.165) is 18.4 Å². The van der Waals surface area contributed by atoms with Gasteiger partial charge in [0.1, 0.15) is 11.9 Å². The molecule has 2 aromatic rings. The van der Waals surface area contributed by atoms with Crippen LogP contribution >= 0.6 is 0 Å². The van der Waals surface area contributed by atoms with E-state index >= 15 is 0 Å². The molecule has 6 atom stereocenters. The highest BCUT2D eigenvalue weighted by molar-refractivity contribution is 5.99. The minimum Gasteiger partial charge on any atom is -0.483 e. The summed E-state index contributed by atoms with van der Waals surface area (Å²) in [5, 5.41) is 2.94. The van der Waals surface area contributed by atoms with Crippen LogP contribution in [0.3, 0.4) is 0 Å². The van der Waals surface area contributed by atoms with Gasteiger partial charge in [0.05, 0.1) is 11.8 Å². The topological polar surface area (TPSA) is 81.7 Å². The number of Topliss-reactive ketones (excluding diaryl/α,β-unsaturated/α-hetero) is 1. The Balaban J connectivity index is 1.20. The Morgan fingerprint density at radius 1 is 1.06 bits per heavy atom. The highest BCUT2D eigenvalue weighted by Crippen LogP contribution is 2.57. The van der Waals surface area contributed by atoms with Crippen molar-refractivity contribution in [3.05, 3.63) is 59.7 Å². The van der Waals surface area contributed by atoms with Crippen LogP contribution in [0.2, 0.25) is 0 Å². The average Bonchev–Trinajstić information content (AvgIpc) is 3.38. The summed E-state index contributed by atoms with van der Waals surface area (Å²) in [6, 6.07) is 14.4. The number of benzene rings is 2. The fraction of sp³-hybridized carbons (Fsp3) is 0.400. The van der Waals surface area contributed by atoms with Crippen LogP contribution in [0.5, 0.6) is 5.75 Å². The highest BCUT2D eigenvalue weighted by atomic mass is 16.6. The maximum Gasteiger partial charge on any atom is 0.310 e. The molecule has 3 aliphatic rings. The maximum atomic E-state index is 12.9. The summed E-state index contributed by atoms with van der Waals surface area (Å²) in [7, 11) is 0. The Kier molecular flexibility index (Phi) is 4.80. The number of ether oxygens (including phenoxy) is 2. The first kappa shape index (κ1) is 19.8. The molecule has 2 aliphatic carbocycles. The fourth-order valence-electron chi connectivity index (χ4n) is 5.42. The van der Waals surface area contributed by atoms with Crippen molar-refractivity contribution in [2.24, 2.45) is 23.7 Å². The predicted molar refractivity (Wildman–Crippen MR) is 114 cm³/mol. The second-order valence-electron chi connectivity index (χ2n) is 8.93. The standard InChI is InChI=1S/C25H25NO5/c1-13-3-5-15(6-4-13)23(27)14(2)30-18-9-7-17(8-10-18)26-24(28)21-16-11-19-20(12-16)31-25(29)22(19)21/h3-10,14,16,19-22H,11-12H2,1-2H3,(H,26,28)/t14?,16-,19+,20-,21+,22-/m0/s1. The first-order valence-electron chi connectivity index (χ1n) is 10.8. The van der Waals surface area contributed by atoms with Gasteiger partial charge in [0.25, 0.3) is 0 Å². The number of hydrogen-bond acceptors (Lipinski definition) is 5. The lowest BCUT2D eigenvalue weighted by molar-refractivity contribution is -0.145. The Morgan fingerprint density at radius 3 is 2.48 bits per heavy atom. The van der Waals surface area contributed by atoms with Gasteiger partial charge in [-0.15, -0.1) is 0 Å². The molecule has 1 aliphatic heterocycles. The summed E-state index contributed by atoms with van der Waals surface area (Å²) in [5.74, 6) is -0.0420. The van der Waals surface area contributed by atoms with E-state index in [4.69, 9.17) is 9.47 Å². The Hall–Kier alpha value is -3.15. The van der Waals surface area contributed by atoms with Gasteiger partial charge < -0.3 is 14.8 Å². The maximum absolute atomic E-state index is 12.9. The fourth-order valence-corrected chi connectivity index (χ4v) is 5.42. The Labute approximate surface area is 180 Å². The lowest BCUT2D eigenvalue weighted by Crippen LogP contribution is -2.35. The van der Waals surface area contributed by atoms with Gasteiger partial charge >= 0.3 is 5.97 Å². The molecule has 2 saturated carbocycles. The number of esters is 1. The van der Waals surface area contributed by atoms with Crippen molar-refractivity contribution in [1.29, 1.82) is 0 Å². The molecular weight excluding hydrogens is 394 g/mol. The molecule has 160 valence electrons. The van der Waals surface area contributed by atoms with Gasteiger partial charge in [-0.1, -0.05) is 29.8 Å². The van der Waals surface area contributed by atoms with E-state index in [1.807, 2.05) is 19.1 Å². The summed E-state index contributed by atoms with van der Waals surface area (Å²) >= 11 is 0. The lowest BCUT2D eigenvalue weighted by Gasteiger charge is -2.23. The number of anilines is 1. The van der Waals surface area contributed by atoms with Gasteiger partial charge in [0, 0.05) is 17.2 Å². The number of aryl methyl sites for hydroxylation is 1. The number of fused-ring (bicyclic) bond motifs is 1. The van der Waals surface area contributed by atoms with Crippen LogP contribution in [0.25, 0.3) is 0 Å². The van der Waals surface area contributed by atoms with Crippen molar-refractivity contribution in [1.82, 2.24) is 0 Å². The van der Waals surface area contributed by atoms with Gasteiger partial charge in [-0.2, -0.15) is 0 Å². The van der Waals surface area contributed by atoms with Crippen molar-refractivity contribution < 1.29 is 23.9 Å².